The van der Waals surface area contributed by atoms with Crippen LogP contribution in [0.15, 0.2) is 42.6 Å². The highest BCUT2D eigenvalue weighted by atomic mass is 16.5. The summed E-state index contributed by atoms with van der Waals surface area (Å²) in [5.74, 6) is -0.353. The SMILES string of the molecule is O=C(N[C@@H]1CCNC1=O)c1ccc(-c2ccc(CN3CCOCC3)cn2)cc1. The first-order valence-electron chi connectivity index (χ1n) is 9.63. The molecule has 7 heteroatoms. The van der Waals surface area contributed by atoms with Gasteiger partial charge in [-0.05, 0) is 30.2 Å². The van der Waals surface area contributed by atoms with Gasteiger partial charge in [0.05, 0.1) is 18.9 Å². The van der Waals surface area contributed by atoms with Crippen LogP contribution < -0.4 is 10.6 Å². The van der Waals surface area contributed by atoms with Crippen molar-refractivity contribution >= 4 is 11.8 Å². The van der Waals surface area contributed by atoms with Gasteiger partial charge in [0.15, 0.2) is 0 Å². The lowest BCUT2D eigenvalue weighted by molar-refractivity contribution is -0.120. The smallest absolute Gasteiger partial charge is 0.251 e. The molecule has 1 aromatic carbocycles. The van der Waals surface area contributed by atoms with Gasteiger partial charge in [0.2, 0.25) is 5.91 Å². The maximum absolute atomic E-state index is 12.3. The zero-order valence-corrected chi connectivity index (χ0v) is 15.7. The molecule has 7 nitrogen and oxygen atoms in total. The molecule has 0 spiro atoms. The Morgan fingerprint density at radius 1 is 1.18 bits per heavy atom. The molecule has 2 aliphatic rings. The maximum atomic E-state index is 12.3. The van der Waals surface area contributed by atoms with Crippen molar-refractivity contribution in [2.75, 3.05) is 32.8 Å². The average molecular weight is 380 g/mol. The fraction of sp³-hybridized carbons (Fsp3) is 0.381. The molecule has 1 atom stereocenters. The number of nitrogens with one attached hydrogen (secondary N) is 2. The van der Waals surface area contributed by atoms with Crippen molar-refractivity contribution in [1.29, 1.82) is 0 Å². The summed E-state index contributed by atoms with van der Waals surface area (Å²) in [5, 5.41) is 5.49. The Balaban J connectivity index is 1.37. The number of rotatable bonds is 5. The predicted octanol–water partition coefficient (Wildman–Crippen LogP) is 1.20. The summed E-state index contributed by atoms with van der Waals surface area (Å²) in [6.45, 7) is 4.97. The van der Waals surface area contributed by atoms with Crippen molar-refractivity contribution in [1.82, 2.24) is 20.5 Å². The van der Waals surface area contributed by atoms with Crippen molar-refractivity contribution < 1.29 is 14.3 Å². The zero-order chi connectivity index (χ0) is 19.3. The molecule has 0 aliphatic carbocycles. The minimum Gasteiger partial charge on any atom is -0.379 e. The van der Waals surface area contributed by atoms with Gasteiger partial charge < -0.3 is 15.4 Å². The summed E-state index contributed by atoms with van der Waals surface area (Å²) in [6, 6.07) is 11.0. The monoisotopic (exact) mass is 380 g/mol. The van der Waals surface area contributed by atoms with E-state index in [1.807, 2.05) is 24.4 Å². The Bertz CT molecular complexity index is 830. The van der Waals surface area contributed by atoms with E-state index in [-0.39, 0.29) is 11.8 Å². The molecular weight excluding hydrogens is 356 g/mol. The van der Waals surface area contributed by atoms with Gasteiger partial charge in [-0.1, -0.05) is 18.2 Å². The number of carbonyl (C=O) groups excluding carboxylic acids is 2. The molecule has 4 rings (SSSR count). The van der Waals surface area contributed by atoms with Gasteiger partial charge in [-0.15, -0.1) is 0 Å². The Kier molecular flexibility index (Phi) is 5.64. The average Bonchev–Trinajstić information content (AvgIpc) is 3.14. The van der Waals surface area contributed by atoms with E-state index in [1.54, 1.807) is 12.1 Å². The van der Waals surface area contributed by atoms with E-state index in [1.165, 1.54) is 5.56 Å². The normalized spacial score (nSPS) is 20.0. The summed E-state index contributed by atoms with van der Waals surface area (Å²) in [6.07, 6.45) is 2.54. The second-order valence-electron chi connectivity index (χ2n) is 7.12. The predicted molar refractivity (Wildman–Crippen MR) is 105 cm³/mol. The number of amides is 2. The molecule has 3 heterocycles. The Labute approximate surface area is 164 Å². The van der Waals surface area contributed by atoms with Crippen LogP contribution in [0, 0.1) is 0 Å². The lowest BCUT2D eigenvalue weighted by Crippen LogP contribution is -2.40. The molecule has 28 heavy (non-hydrogen) atoms. The first kappa shape index (κ1) is 18.6. The van der Waals surface area contributed by atoms with E-state index in [9.17, 15) is 9.59 Å². The molecule has 0 bridgehead atoms. The second-order valence-corrected chi connectivity index (χ2v) is 7.12. The van der Waals surface area contributed by atoms with Crippen LogP contribution in [0.5, 0.6) is 0 Å². The number of ether oxygens (including phenoxy) is 1. The van der Waals surface area contributed by atoms with Crippen LogP contribution in [0.4, 0.5) is 0 Å². The summed E-state index contributed by atoms with van der Waals surface area (Å²) in [4.78, 5) is 30.8. The van der Waals surface area contributed by atoms with Crippen LogP contribution in [0.1, 0.15) is 22.3 Å². The second kappa shape index (κ2) is 8.50. The fourth-order valence-electron chi connectivity index (χ4n) is 3.47. The minimum absolute atomic E-state index is 0.119. The number of hydrogen-bond acceptors (Lipinski definition) is 5. The van der Waals surface area contributed by atoms with E-state index in [0.29, 0.717) is 18.5 Å². The van der Waals surface area contributed by atoms with E-state index in [0.717, 1.165) is 44.1 Å². The standard InChI is InChI=1S/C21H24N4O3/c26-20(24-19-7-8-22-21(19)27)17-4-2-16(3-5-17)18-6-1-15(13-23-18)14-25-9-11-28-12-10-25/h1-6,13,19H,7-12,14H2,(H,22,27)(H,24,26)/t19-/m1/s1. The van der Waals surface area contributed by atoms with Crippen LogP contribution >= 0.6 is 0 Å². The van der Waals surface area contributed by atoms with Crippen LogP contribution in [-0.4, -0.2) is 60.6 Å². The van der Waals surface area contributed by atoms with Crippen LogP contribution in [0.2, 0.25) is 0 Å². The molecule has 2 amide bonds. The maximum Gasteiger partial charge on any atom is 0.251 e. The molecule has 0 saturated carbocycles. The fourth-order valence-corrected chi connectivity index (χ4v) is 3.47. The van der Waals surface area contributed by atoms with E-state index in [2.05, 4.69) is 26.6 Å². The summed E-state index contributed by atoms with van der Waals surface area (Å²) >= 11 is 0. The van der Waals surface area contributed by atoms with Gasteiger partial charge in [0, 0.05) is 43.5 Å². The van der Waals surface area contributed by atoms with E-state index in [4.69, 9.17) is 4.74 Å². The summed E-state index contributed by atoms with van der Waals surface area (Å²) in [5.41, 5.74) is 3.53. The molecule has 146 valence electrons. The highest BCUT2D eigenvalue weighted by Gasteiger charge is 2.25. The molecule has 2 aliphatic heterocycles. The van der Waals surface area contributed by atoms with Crippen molar-refractivity contribution in [3.8, 4) is 11.3 Å². The van der Waals surface area contributed by atoms with Crippen molar-refractivity contribution in [3.05, 3.63) is 53.7 Å². The third kappa shape index (κ3) is 4.37. The van der Waals surface area contributed by atoms with Gasteiger partial charge in [0.1, 0.15) is 6.04 Å². The molecular formula is C21H24N4O3. The summed E-state index contributed by atoms with van der Waals surface area (Å²) < 4.78 is 5.38. The van der Waals surface area contributed by atoms with Gasteiger partial charge in [-0.3, -0.25) is 19.5 Å². The molecule has 2 fully saturated rings. The van der Waals surface area contributed by atoms with Gasteiger partial charge in [-0.25, -0.2) is 0 Å². The van der Waals surface area contributed by atoms with Gasteiger partial charge in [0.25, 0.3) is 5.91 Å². The molecule has 1 aromatic heterocycles. The third-order valence-corrected chi connectivity index (χ3v) is 5.13. The van der Waals surface area contributed by atoms with E-state index >= 15 is 0 Å². The quantitative estimate of drug-likeness (QED) is 0.814. The molecule has 2 saturated heterocycles. The zero-order valence-electron chi connectivity index (χ0n) is 15.7. The minimum atomic E-state index is -0.437. The molecule has 2 N–H and O–H groups in total. The van der Waals surface area contributed by atoms with Crippen molar-refractivity contribution in [3.63, 3.8) is 0 Å². The molecule has 0 radical (unpaired) electrons. The topological polar surface area (TPSA) is 83.6 Å². The highest BCUT2D eigenvalue weighted by molar-refractivity contribution is 5.98. The Morgan fingerprint density at radius 3 is 2.61 bits per heavy atom. The van der Waals surface area contributed by atoms with Crippen LogP contribution in [0.3, 0.4) is 0 Å². The van der Waals surface area contributed by atoms with Gasteiger partial charge >= 0.3 is 0 Å². The number of nitrogens with zero attached hydrogens (tertiary/aromatic N) is 2. The number of pyridine rings is 1. The number of carbonyl (C=O) groups is 2. The highest BCUT2D eigenvalue weighted by Crippen LogP contribution is 2.19. The first-order chi connectivity index (χ1) is 13.7. The molecule has 2 aromatic rings. The number of benzene rings is 1. The first-order valence-corrected chi connectivity index (χ1v) is 9.63. The third-order valence-electron chi connectivity index (χ3n) is 5.13. The van der Waals surface area contributed by atoms with Crippen LogP contribution in [0.25, 0.3) is 11.3 Å². The van der Waals surface area contributed by atoms with Crippen LogP contribution in [-0.2, 0) is 16.1 Å². The van der Waals surface area contributed by atoms with Crippen molar-refractivity contribution in [2.45, 2.75) is 19.0 Å². The number of aromatic nitrogens is 1. The van der Waals surface area contributed by atoms with Gasteiger partial charge in [-0.2, -0.15) is 0 Å². The number of hydrogen-bond donors (Lipinski definition) is 2. The molecule has 0 unspecified atom stereocenters. The van der Waals surface area contributed by atoms with Crippen molar-refractivity contribution in [2.24, 2.45) is 0 Å². The lowest BCUT2D eigenvalue weighted by Gasteiger charge is -2.26. The Morgan fingerprint density at radius 2 is 1.96 bits per heavy atom. The Hall–Kier alpha value is -2.77. The largest absolute Gasteiger partial charge is 0.379 e. The summed E-state index contributed by atoms with van der Waals surface area (Å²) in [7, 11) is 0. The number of morpholine rings is 1. The van der Waals surface area contributed by atoms with E-state index < -0.39 is 6.04 Å². The lowest BCUT2D eigenvalue weighted by atomic mass is 10.1.